The van der Waals surface area contributed by atoms with Gasteiger partial charge in [0.05, 0.1) is 6.61 Å². The van der Waals surface area contributed by atoms with Crippen LogP contribution >= 0.6 is 0 Å². The van der Waals surface area contributed by atoms with Crippen LogP contribution in [0, 0.1) is 0 Å². The van der Waals surface area contributed by atoms with Crippen LogP contribution < -0.4 is 10.6 Å². The number of rotatable bonds is 6. The Morgan fingerprint density at radius 2 is 1.94 bits per heavy atom. The number of carboxylic acid groups (broad SMARTS) is 1. The second-order valence-corrected chi connectivity index (χ2v) is 2.93. The predicted octanol–water partition coefficient (Wildman–Crippen LogP) is -0.288. The number of aliphatic carboxylic acids is 1. The molecule has 0 aromatic rings. The van der Waals surface area contributed by atoms with Crippen molar-refractivity contribution in [2.24, 2.45) is 0 Å². The number of carbonyl (C=O) groups is 3. The molecule has 92 valence electrons. The smallest absolute Gasteiger partial charge is 0.326 e. The lowest BCUT2D eigenvalue weighted by Gasteiger charge is -2.12. The molecule has 7 heteroatoms. The zero-order chi connectivity index (χ0) is 12.6. The van der Waals surface area contributed by atoms with E-state index >= 15 is 0 Å². The number of carbonyl (C=O) groups excluding carboxylic acids is 2. The molecule has 1 atom stereocenters. The van der Waals surface area contributed by atoms with Gasteiger partial charge in [-0.05, 0) is 13.3 Å². The third-order valence-corrected chi connectivity index (χ3v) is 1.71. The van der Waals surface area contributed by atoms with Crippen LogP contribution in [0.2, 0.25) is 0 Å². The Morgan fingerprint density at radius 3 is 2.38 bits per heavy atom. The van der Waals surface area contributed by atoms with E-state index in [0.717, 1.165) is 0 Å². The molecule has 0 aliphatic carbocycles. The first-order valence-corrected chi connectivity index (χ1v) is 4.94. The first kappa shape index (κ1) is 14.2. The minimum atomic E-state index is -1.12. The quantitative estimate of drug-likeness (QED) is 0.546. The number of amides is 2. The van der Waals surface area contributed by atoms with Gasteiger partial charge >= 0.3 is 18.0 Å². The second-order valence-electron chi connectivity index (χ2n) is 2.93. The highest BCUT2D eigenvalue weighted by atomic mass is 16.5. The van der Waals surface area contributed by atoms with Crippen molar-refractivity contribution < 1.29 is 24.2 Å². The number of ether oxygens (including phenoxy) is 1. The lowest BCUT2D eigenvalue weighted by atomic mass is 10.2. The van der Waals surface area contributed by atoms with Crippen molar-refractivity contribution in [3.8, 4) is 0 Å². The number of nitrogens with one attached hydrogen (secondary N) is 2. The Labute approximate surface area is 93.2 Å². The van der Waals surface area contributed by atoms with E-state index in [0.29, 0.717) is 0 Å². The summed E-state index contributed by atoms with van der Waals surface area (Å²) in [5.74, 6) is -1.69. The van der Waals surface area contributed by atoms with Gasteiger partial charge in [-0.3, -0.25) is 4.79 Å². The molecule has 16 heavy (non-hydrogen) atoms. The molecule has 2 amide bonds. The third-order valence-electron chi connectivity index (χ3n) is 1.71. The van der Waals surface area contributed by atoms with Crippen LogP contribution in [-0.2, 0) is 14.3 Å². The molecule has 0 spiro atoms. The molecule has 0 rings (SSSR count). The molecule has 3 N–H and O–H groups in total. The average Bonchev–Trinajstić information content (AvgIpc) is 2.23. The zero-order valence-electron chi connectivity index (χ0n) is 9.28. The Hall–Kier alpha value is -1.79. The molecular weight excluding hydrogens is 216 g/mol. The van der Waals surface area contributed by atoms with Gasteiger partial charge < -0.3 is 20.5 Å². The van der Waals surface area contributed by atoms with E-state index in [1.54, 1.807) is 13.8 Å². The first-order valence-electron chi connectivity index (χ1n) is 4.94. The minimum Gasteiger partial charge on any atom is -0.480 e. The maximum absolute atomic E-state index is 11.1. The van der Waals surface area contributed by atoms with Crippen molar-refractivity contribution in [1.82, 2.24) is 10.6 Å². The summed E-state index contributed by atoms with van der Waals surface area (Å²) in [7, 11) is 0. The summed E-state index contributed by atoms with van der Waals surface area (Å²) in [4.78, 5) is 32.6. The van der Waals surface area contributed by atoms with Gasteiger partial charge in [0.25, 0.3) is 0 Å². The molecule has 0 aliphatic heterocycles. The van der Waals surface area contributed by atoms with E-state index in [4.69, 9.17) is 5.11 Å². The zero-order valence-corrected chi connectivity index (χ0v) is 9.28. The lowest BCUT2D eigenvalue weighted by molar-refractivity contribution is -0.141. The number of hydrogen-bond acceptors (Lipinski definition) is 4. The van der Waals surface area contributed by atoms with E-state index in [2.05, 4.69) is 15.4 Å². The van der Waals surface area contributed by atoms with Gasteiger partial charge in [-0.2, -0.15) is 0 Å². The molecule has 0 bridgehead atoms. The largest absolute Gasteiger partial charge is 0.480 e. The van der Waals surface area contributed by atoms with Gasteiger partial charge in [-0.25, -0.2) is 9.59 Å². The van der Waals surface area contributed by atoms with E-state index in [1.807, 2.05) is 0 Å². The van der Waals surface area contributed by atoms with Gasteiger partial charge in [0, 0.05) is 0 Å². The van der Waals surface area contributed by atoms with Crippen LogP contribution in [-0.4, -0.2) is 42.3 Å². The Bertz CT molecular complexity index is 267. The molecule has 0 unspecified atom stereocenters. The Morgan fingerprint density at radius 1 is 1.31 bits per heavy atom. The van der Waals surface area contributed by atoms with Gasteiger partial charge in [-0.15, -0.1) is 0 Å². The van der Waals surface area contributed by atoms with Crippen LogP contribution in [0.3, 0.4) is 0 Å². The maximum atomic E-state index is 11.1. The molecule has 0 heterocycles. The molecule has 7 nitrogen and oxygen atoms in total. The summed E-state index contributed by atoms with van der Waals surface area (Å²) in [6, 6.07) is -1.66. The van der Waals surface area contributed by atoms with Crippen molar-refractivity contribution >= 4 is 18.0 Å². The third kappa shape index (κ3) is 5.84. The van der Waals surface area contributed by atoms with Crippen LogP contribution in [0.15, 0.2) is 0 Å². The van der Waals surface area contributed by atoms with Gasteiger partial charge in [0.15, 0.2) is 0 Å². The van der Waals surface area contributed by atoms with Crippen molar-refractivity contribution in [2.75, 3.05) is 13.2 Å². The highest BCUT2D eigenvalue weighted by Crippen LogP contribution is 1.90. The van der Waals surface area contributed by atoms with Crippen LogP contribution in [0.5, 0.6) is 0 Å². The molecule has 0 saturated heterocycles. The Kier molecular flexibility index (Phi) is 6.66. The molecule has 0 aliphatic rings. The molecular formula is C9H16N2O5. The first-order chi connectivity index (χ1) is 7.51. The number of esters is 1. The predicted molar refractivity (Wildman–Crippen MR) is 54.9 cm³/mol. The number of urea groups is 1. The highest BCUT2D eigenvalue weighted by molar-refractivity contribution is 5.84. The van der Waals surface area contributed by atoms with Crippen molar-refractivity contribution in [2.45, 2.75) is 26.3 Å². The standard InChI is InChI=1S/C9H16N2O5/c1-3-6(8(13)14)11-9(15)10-5-7(12)16-4-2/h6H,3-5H2,1-2H3,(H,13,14)(H2,10,11,15)/t6-/m0/s1. The monoisotopic (exact) mass is 232 g/mol. The SMILES string of the molecule is CCOC(=O)CNC(=O)N[C@@H](CC)C(=O)O. The minimum absolute atomic E-state index is 0.231. The summed E-state index contributed by atoms with van der Waals surface area (Å²) in [5.41, 5.74) is 0. The summed E-state index contributed by atoms with van der Waals surface area (Å²) < 4.78 is 4.57. The van der Waals surface area contributed by atoms with E-state index in [-0.39, 0.29) is 19.6 Å². The highest BCUT2D eigenvalue weighted by Gasteiger charge is 2.17. The van der Waals surface area contributed by atoms with Crippen LogP contribution in [0.4, 0.5) is 4.79 Å². The van der Waals surface area contributed by atoms with Gasteiger partial charge in [-0.1, -0.05) is 6.92 Å². The number of hydrogen-bond donors (Lipinski definition) is 3. The fraction of sp³-hybridized carbons (Fsp3) is 0.667. The molecule has 0 radical (unpaired) electrons. The fourth-order valence-corrected chi connectivity index (χ4v) is 0.912. The van der Waals surface area contributed by atoms with Crippen molar-refractivity contribution in [1.29, 1.82) is 0 Å². The molecule has 0 fully saturated rings. The topological polar surface area (TPSA) is 105 Å². The van der Waals surface area contributed by atoms with Crippen molar-refractivity contribution in [3.63, 3.8) is 0 Å². The summed E-state index contributed by atoms with van der Waals surface area (Å²) in [6.45, 7) is 3.23. The Balaban J connectivity index is 3.89. The van der Waals surface area contributed by atoms with Gasteiger partial charge in [0.2, 0.25) is 0 Å². The van der Waals surface area contributed by atoms with E-state index in [9.17, 15) is 14.4 Å². The average molecular weight is 232 g/mol. The van der Waals surface area contributed by atoms with Crippen molar-refractivity contribution in [3.05, 3.63) is 0 Å². The second kappa shape index (κ2) is 7.49. The summed E-state index contributed by atoms with van der Waals surface area (Å²) in [5, 5.41) is 13.1. The molecule has 0 aromatic heterocycles. The number of carboxylic acids is 1. The lowest BCUT2D eigenvalue weighted by Crippen LogP contribution is -2.47. The normalized spacial score (nSPS) is 11.4. The van der Waals surface area contributed by atoms with Gasteiger partial charge in [0.1, 0.15) is 12.6 Å². The fourth-order valence-electron chi connectivity index (χ4n) is 0.912. The van der Waals surface area contributed by atoms with Crippen LogP contribution in [0.25, 0.3) is 0 Å². The summed E-state index contributed by atoms with van der Waals surface area (Å²) >= 11 is 0. The molecule has 0 saturated carbocycles. The van der Waals surface area contributed by atoms with E-state index < -0.39 is 24.0 Å². The maximum Gasteiger partial charge on any atom is 0.326 e. The molecule has 0 aromatic carbocycles. The van der Waals surface area contributed by atoms with Crippen LogP contribution in [0.1, 0.15) is 20.3 Å². The van der Waals surface area contributed by atoms with E-state index in [1.165, 1.54) is 0 Å². The summed E-state index contributed by atoms with van der Waals surface area (Å²) in [6.07, 6.45) is 0.266.